The van der Waals surface area contributed by atoms with Crippen molar-refractivity contribution in [3.05, 3.63) is 114 Å². The first kappa shape index (κ1) is 17.5. The molecular formula is C28H23N. The van der Waals surface area contributed by atoms with Crippen molar-refractivity contribution in [2.24, 2.45) is 0 Å². The summed E-state index contributed by atoms with van der Waals surface area (Å²) in [7, 11) is 0. The van der Waals surface area contributed by atoms with Crippen LogP contribution in [0.4, 0.5) is 5.69 Å². The molecule has 1 atom stereocenters. The van der Waals surface area contributed by atoms with Crippen LogP contribution in [0.25, 0.3) is 32.7 Å². The van der Waals surface area contributed by atoms with Crippen LogP contribution in [0.1, 0.15) is 24.0 Å². The highest BCUT2D eigenvalue weighted by atomic mass is 14.6. The second-order valence-electron chi connectivity index (χ2n) is 7.67. The van der Waals surface area contributed by atoms with Crippen LogP contribution in [-0.4, -0.2) is 0 Å². The van der Waals surface area contributed by atoms with Crippen molar-refractivity contribution in [3.63, 3.8) is 0 Å². The molecule has 0 amide bonds. The fourth-order valence-electron chi connectivity index (χ4n) is 4.26. The molecule has 1 nitrogen and oxygen atoms in total. The summed E-state index contributed by atoms with van der Waals surface area (Å²) >= 11 is 0. The normalized spacial score (nSPS) is 12.3. The third-order valence-corrected chi connectivity index (χ3v) is 5.95. The maximum Gasteiger partial charge on any atom is 0.0479 e. The van der Waals surface area contributed by atoms with Crippen LogP contribution in [-0.2, 0) is 0 Å². The minimum absolute atomic E-state index is 0.328. The fraction of sp³-hybridized carbons (Fsp3) is 0.0714. The molecule has 5 aromatic carbocycles. The van der Waals surface area contributed by atoms with Crippen molar-refractivity contribution in [1.82, 2.24) is 0 Å². The smallest absolute Gasteiger partial charge is 0.0479 e. The monoisotopic (exact) mass is 373 g/mol. The highest BCUT2D eigenvalue weighted by Gasteiger charge is 2.13. The number of fused-ring (bicyclic) bond motifs is 3. The molecule has 0 aliphatic carbocycles. The molecule has 0 saturated carbocycles. The summed E-state index contributed by atoms with van der Waals surface area (Å²) in [6, 6.07) is 36.5. The van der Waals surface area contributed by atoms with Gasteiger partial charge in [0.15, 0.2) is 0 Å². The van der Waals surface area contributed by atoms with Gasteiger partial charge in [0.1, 0.15) is 0 Å². The topological polar surface area (TPSA) is 26.0 Å². The van der Waals surface area contributed by atoms with E-state index in [-0.39, 0.29) is 0 Å². The molecule has 0 radical (unpaired) electrons. The van der Waals surface area contributed by atoms with Crippen molar-refractivity contribution < 1.29 is 0 Å². The van der Waals surface area contributed by atoms with Crippen LogP contribution in [0.2, 0.25) is 0 Å². The third kappa shape index (κ3) is 3.05. The molecule has 140 valence electrons. The van der Waals surface area contributed by atoms with Gasteiger partial charge in [0.2, 0.25) is 0 Å². The zero-order valence-electron chi connectivity index (χ0n) is 16.5. The van der Waals surface area contributed by atoms with E-state index in [1.165, 1.54) is 27.3 Å². The van der Waals surface area contributed by atoms with Gasteiger partial charge in [0.25, 0.3) is 0 Å². The molecule has 0 fully saturated rings. The first-order chi connectivity index (χ1) is 14.2. The van der Waals surface area contributed by atoms with E-state index >= 15 is 0 Å². The summed E-state index contributed by atoms with van der Waals surface area (Å²) in [5.74, 6) is 0.328. The lowest BCUT2D eigenvalue weighted by Gasteiger charge is -2.16. The van der Waals surface area contributed by atoms with Gasteiger partial charge in [-0.1, -0.05) is 104 Å². The summed E-state index contributed by atoms with van der Waals surface area (Å²) in [4.78, 5) is 0. The number of rotatable bonds is 3. The molecule has 0 aliphatic rings. The van der Waals surface area contributed by atoms with Gasteiger partial charge in [-0.25, -0.2) is 0 Å². The molecule has 1 heteroatoms. The minimum Gasteiger partial charge on any atom is -0.398 e. The van der Waals surface area contributed by atoms with E-state index in [2.05, 4.69) is 104 Å². The highest BCUT2D eigenvalue weighted by molar-refractivity contribution is 6.16. The van der Waals surface area contributed by atoms with Gasteiger partial charge < -0.3 is 5.73 Å². The summed E-state index contributed by atoms with van der Waals surface area (Å²) in [5.41, 5.74) is 12.5. The molecule has 29 heavy (non-hydrogen) atoms. The van der Waals surface area contributed by atoms with Crippen molar-refractivity contribution in [2.75, 3.05) is 5.73 Å². The van der Waals surface area contributed by atoms with Crippen molar-refractivity contribution >= 4 is 27.2 Å². The number of hydrogen-bond acceptors (Lipinski definition) is 1. The highest BCUT2D eigenvalue weighted by Crippen LogP contribution is 2.38. The molecule has 5 aromatic rings. The van der Waals surface area contributed by atoms with Gasteiger partial charge in [0, 0.05) is 22.6 Å². The van der Waals surface area contributed by atoms with Gasteiger partial charge in [-0.15, -0.1) is 0 Å². The molecule has 2 N–H and O–H groups in total. The van der Waals surface area contributed by atoms with E-state index in [0.717, 1.165) is 22.2 Å². The standard InChI is InChI=1S/C28H23N/c1-19(20-8-4-2-5-9-20)24-15-13-22-12-14-23-16-17-25(21-10-6-3-7-11-21)28(29)27(23)26(22)18-24/h2-19H,29H2,1H3. The molecule has 0 aromatic heterocycles. The van der Waals surface area contributed by atoms with E-state index in [1.807, 2.05) is 6.07 Å². The Kier molecular flexibility index (Phi) is 4.29. The number of nitrogen functional groups attached to an aromatic ring is 1. The summed E-state index contributed by atoms with van der Waals surface area (Å²) in [6.45, 7) is 2.26. The Balaban J connectivity index is 1.74. The minimum atomic E-state index is 0.328. The SMILES string of the molecule is CC(c1ccccc1)c1ccc2ccc3ccc(-c4ccccc4)c(N)c3c2c1. The van der Waals surface area contributed by atoms with Crippen LogP contribution in [0.5, 0.6) is 0 Å². The molecular weight excluding hydrogens is 350 g/mol. The number of hydrogen-bond donors (Lipinski definition) is 1. The summed E-state index contributed by atoms with van der Waals surface area (Å²) in [5, 5.41) is 4.77. The Labute approximate surface area is 171 Å². The second kappa shape index (κ2) is 7.10. The quantitative estimate of drug-likeness (QED) is 0.259. The lowest BCUT2D eigenvalue weighted by atomic mass is 9.89. The van der Waals surface area contributed by atoms with Gasteiger partial charge in [-0.3, -0.25) is 0 Å². The van der Waals surface area contributed by atoms with Crippen LogP contribution in [0.15, 0.2) is 103 Å². The van der Waals surface area contributed by atoms with E-state index in [9.17, 15) is 0 Å². The number of nitrogens with two attached hydrogens (primary N) is 1. The largest absolute Gasteiger partial charge is 0.398 e. The molecule has 0 spiro atoms. The lowest BCUT2D eigenvalue weighted by Crippen LogP contribution is -1.97. The van der Waals surface area contributed by atoms with Gasteiger partial charge >= 0.3 is 0 Å². The molecule has 0 aliphatic heterocycles. The maximum absolute atomic E-state index is 6.75. The number of benzene rings is 5. The Hall–Kier alpha value is -3.58. The van der Waals surface area contributed by atoms with E-state index in [4.69, 9.17) is 5.73 Å². The predicted octanol–water partition coefficient (Wildman–Crippen LogP) is 7.39. The zero-order valence-corrected chi connectivity index (χ0v) is 16.5. The molecule has 0 heterocycles. The number of anilines is 1. The Morgan fingerprint density at radius 3 is 2.00 bits per heavy atom. The van der Waals surface area contributed by atoms with Crippen molar-refractivity contribution in [2.45, 2.75) is 12.8 Å². The van der Waals surface area contributed by atoms with Crippen LogP contribution < -0.4 is 5.73 Å². The first-order valence-electron chi connectivity index (χ1n) is 10.1. The molecule has 5 rings (SSSR count). The van der Waals surface area contributed by atoms with Crippen molar-refractivity contribution in [1.29, 1.82) is 0 Å². The molecule has 1 unspecified atom stereocenters. The van der Waals surface area contributed by atoms with E-state index < -0.39 is 0 Å². The Morgan fingerprint density at radius 1 is 0.621 bits per heavy atom. The zero-order chi connectivity index (χ0) is 19.8. The van der Waals surface area contributed by atoms with Crippen LogP contribution in [0, 0.1) is 0 Å². The van der Waals surface area contributed by atoms with Gasteiger partial charge in [0.05, 0.1) is 0 Å². The maximum atomic E-state index is 6.75. The van der Waals surface area contributed by atoms with E-state index in [0.29, 0.717) is 5.92 Å². The van der Waals surface area contributed by atoms with E-state index in [1.54, 1.807) is 0 Å². The average molecular weight is 373 g/mol. The van der Waals surface area contributed by atoms with Gasteiger partial charge in [-0.2, -0.15) is 0 Å². The van der Waals surface area contributed by atoms with Crippen molar-refractivity contribution in [3.8, 4) is 11.1 Å². The Morgan fingerprint density at radius 2 is 1.24 bits per heavy atom. The van der Waals surface area contributed by atoms with Crippen LogP contribution >= 0.6 is 0 Å². The third-order valence-electron chi connectivity index (χ3n) is 5.95. The van der Waals surface area contributed by atoms with Gasteiger partial charge in [-0.05, 0) is 38.9 Å². The Bertz CT molecular complexity index is 1300. The summed E-state index contributed by atoms with van der Waals surface area (Å²) in [6.07, 6.45) is 0. The first-order valence-corrected chi connectivity index (χ1v) is 10.1. The predicted molar refractivity (Wildman–Crippen MR) is 125 cm³/mol. The van der Waals surface area contributed by atoms with Crippen LogP contribution in [0.3, 0.4) is 0 Å². The molecule has 0 saturated heterocycles. The second-order valence-corrected chi connectivity index (χ2v) is 7.67. The summed E-state index contributed by atoms with van der Waals surface area (Å²) < 4.78 is 0. The fourth-order valence-corrected chi connectivity index (χ4v) is 4.26. The average Bonchev–Trinajstić information content (AvgIpc) is 2.79. The lowest BCUT2D eigenvalue weighted by molar-refractivity contribution is 0.925. The molecule has 0 bridgehead atoms.